The lowest BCUT2D eigenvalue weighted by Crippen LogP contribution is -2.56. The Morgan fingerprint density at radius 1 is 1.67 bits per heavy atom. The molecule has 1 aliphatic rings. The Labute approximate surface area is 90.0 Å². The van der Waals surface area contributed by atoms with Crippen molar-refractivity contribution in [3.63, 3.8) is 0 Å². The highest BCUT2D eigenvalue weighted by Gasteiger charge is 2.38. The molecule has 1 aliphatic heterocycles. The Kier molecular flexibility index (Phi) is 3.00. The van der Waals surface area contributed by atoms with Gasteiger partial charge in [-0.2, -0.15) is 0 Å². The number of rotatable bonds is 2. The molecule has 82 valence electrons. The lowest BCUT2D eigenvalue weighted by Gasteiger charge is -2.44. The summed E-state index contributed by atoms with van der Waals surface area (Å²) < 4.78 is 5.55. The molecule has 0 aliphatic carbocycles. The number of nitrogens with two attached hydrogens (primary N) is 1. The van der Waals surface area contributed by atoms with E-state index in [2.05, 4.69) is 23.0 Å². The van der Waals surface area contributed by atoms with Gasteiger partial charge in [-0.05, 0) is 18.7 Å². The molecule has 1 aromatic rings. The van der Waals surface area contributed by atoms with Crippen LogP contribution in [0.15, 0.2) is 24.5 Å². The van der Waals surface area contributed by atoms with E-state index in [-0.39, 0.29) is 5.54 Å². The number of ether oxygens (including phenoxy) is 1. The minimum atomic E-state index is -0.202. The van der Waals surface area contributed by atoms with E-state index >= 15 is 0 Å². The fourth-order valence-corrected chi connectivity index (χ4v) is 2.04. The lowest BCUT2D eigenvalue weighted by molar-refractivity contribution is -0.0550. The Morgan fingerprint density at radius 3 is 3.13 bits per heavy atom. The number of pyridine rings is 1. The van der Waals surface area contributed by atoms with Crippen LogP contribution in [0.4, 0.5) is 0 Å². The van der Waals surface area contributed by atoms with Gasteiger partial charge in [0, 0.05) is 25.5 Å². The Balaban J connectivity index is 2.35. The van der Waals surface area contributed by atoms with Crippen LogP contribution >= 0.6 is 0 Å². The van der Waals surface area contributed by atoms with Gasteiger partial charge >= 0.3 is 0 Å². The Bertz CT molecular complexity index is 317. The number of nitrogens with zero attached hydrogens (tertiary/aromatic N) is 2. The maximum atomic E-state index is 5.91. The van der Waals surface area contributed by atoms with Crippen molar-refractivity contribution in [1.82, 2.24) is 9.88 Å². The molecular formula is C11H17N3O. The van der Waals surface area contributed by atoms with Crippen molar-refractivity contribution in [2.24, 2.45) is 5.73 Å². The van der Waals surface area contributed by atoms with Crippen LogP contribution in [0.25, 0.3) is 0 Å². The second kappa shape index (κ2) is 4.26. The average Bonchev–Trinajstić information content (AvgIpc) is 2.31. The van der Waals surface area contributed by atoms with Crippen molar-refractivity contribution in [3.8, 4) is 0 Å². The minimum Gasteiger partial charge on any atom is -0.378 e. The Morgan fingerprint density at radius 2 is 2.53 bits per heavy atom. The molecule has 1 fully saturated rings. The highest BCUT2D eigenvalue weighted by atomic mass is 16.5. The van der Waals surface area contributed by atoms with Gasteiger partial charge in [0.2, 0.25) is 0 Å². The summed E-state index contributed by atoms with van der Waals surface area (Å²) in [6.45, 7) is 2.88. The van der Waals surface area contributed by atoms with Gasteiger partial charge in [0.25, 0.3) is 0 Å². The summed E-state index contributed by atoms with van der Waals surface area (Å²) in [6, 6.07) is 4.00. The summed E-state index contributed by atoms with van der Waals surface area (Å²) in [5, 5.41) is 0. The highest BCUT2D eigenvalue weighted by Crippen LogP contribution is 2.28. The first-order chi connectivity index (χ1) is 7.29. The van der Waals surface area contributed by atoms with Crippen LogP contribution in [-0.4, -0.2) is 43.2 Å². The monoisotopic (exact) mass is 207 g/mol. The fourth-order valence-electron chi connectivity index (χ4n) is 2.04. The third-order valence-corrected chi connectivity index (χ3v) is 3.18. The van der Waals surface area contributed by atoms with E-state index in [0.717, 1.165) is 18.7 Å². The van der Waals surface area contributed by atoms with E-state index in [1.807, 2.05) is 12.3 Å². The van der Waals surface area contributed by atoms with E-state index in [4.69, 9.17) is 10.5 Å². The summed E-state index contributed by atoms with van der Waals surface area (Å²) >= 11 is 0. The molecule has 0 aromatic carbocycles. The molecule has 1 saturated heterocycles. The first kappa shape index (κ1) is 10.5. The normalized spacial score (nSPS) is 27.9. The molecule has 1 aromatic heterocycles. The van der Waals surface area contributed by atoms with E-state index in [9.17, 15) is 0 Å². The predicted octanol–water partition coefficient (Wildman–Crippen LogP) is 0.198. The minimum absolute atomic E-state index is 0.202. The second-order valence-corrected chi connectivity index (χ2v) is 3.95. The number of hydrogen-bond donors (Lipinski definition) is 1. The van der Waals surface area contributed by atoms with Crippen LogP contribution in [0.1, 0.15) is 5.56 Å². The van der Waals surface area contributed by atoms with Gasteiger partial charge in [0.1, 0.15) is 0 Å². The molecule has 0 radical (unpaired) electrons. The maximum absolute atomic E-state index is 5.91. The number of likely N-dealkylation sites (N-methyl/N-ethyl adjacent to an activating group) is 1. The second-order valence-electron chi connectivity index (χ2n) is 3.95. The molecule has 0 amide bonds. The molecule has 4 heteroatoms. The van der Waals surface area contributed by atoms with Crippen LogP contribution < -0.4 is 5.73 Å². The van der Waals surface area contributed by atoms with Crippen LogP contribution in [0.2, 0.25) is 0 Å². The molecule has 1 unspecified atom stereocenters. The van der Waals surface area contributed by atoms with E-state index < -0.39 is 0 Å². The quantitative estimate of drug-likeness (QED) is 0.752. The molecule has 0 saturated carbocycles. The van der Waals surface area contributed by atoms with Gasteiger partial charge in [-0.1, -0.05) is 6.07 Å². The van der Waals surface area contributed by atoms with Crippen molar-refractivity contribution in [3.05, 3.63) is 30.1 Å². The maximum Gasteiger partial charge on any atom is 0.0834 e. The first-order valence-electron chi connectivity index (χ1n) is 5.19. The standard InChI is InChI=1S/C11H17N3O/c1-14-5-6-15-9-11(14,8-12)10-3-2-4-13-7-10/h2-4,7H,5-6,8-9,12H2,1H3. The molecule has 2 N–H and O–H groups in total. The van der Waals surface area contributed by atoms with Crippen LogP contribution in [0.3, 0.4) is 0 Å². The SMILES string of the molecule is CN1CCOCC1(CN)c1cccnc1. The molecule has 15 heavy (non-hydrogen) atoms. The van der Waals surface area contributed by atoms with Crippen molar-refractivity contribution >= 4 is 0 Å². The summed E-state index contributed by atoms with van der Waals surface area (Å²) in [6.07, 6.45) is 3.65. The number of hydrogen-bond acceptors (Lipinski definition) is 4. The van der Waals surface area contributed by atoms with Crippen molar-refractivity contribution < 1.29 is 4.74 Å². The smallest absolute Gasteiger partial charge is 0.0834 e. The predicted molar refractivity (Wildman–Crippen MR) is 58.4 cm³/mol. The lowest BCUT2D eigenvalue weighted by atomic mass is 9.89. The van der Waals surface area contributed by atoms with Gasteiger partial charge in [-0.25, -0.2) is 0 Å². The third-order valence-electron chi connectivity index (χ3n) is 3.18. The van der Waals surface area contributed by atoms with Crippen molar-refractivity contribution in [2.75, 3.05) is 33.4 Å². The van der Waals surface area contributed by atoms with Crippen LogP contribution in [-0.2, 0) is 10.3 Å². The number of aromatic nitrogens is 1. The molecular weight excluding hydrogens is 190 g/mol. The summed E-state index contributed by atoms with van der Waals surface area (Å²) in [5.41, 5.74) is 6.84. The zero-order valence-electron chi connectivity index (χ0n) is 9.02. The zero-order chi connectivity index (χ0) is 10.7. The van der Waals surface area contributed by atoms with E-state index in [0.29, 0.717) is 13.2 Å². The van der Waals surface area contributed by atoms with E-state index in [1.54, 1.807) is 6.20 Å². The first-order valence-corrected chi connectivity index (χ1v) is 5.19. The van der Waals surface area contributed by atoms with Gasteiger partial charge in [-0.15, -0.1) is 0 Å². The topological polar surface area (TPSA) is 51.4 Å². The average molecular weight is 207 g/mol. The van der Waals surface area contributed by atoms with Crippen molar-refractivity contribution in [2.45, 2.75) is 5.54 Å². The van der Waals surface area contributed by atoms with Crippen molar-refractivity contribution in [1.29, 1.82) is 0 Å². The molecule has 4 nitrogen and oxygen atoms in total. The highest BCUT2D eigenvalue weighted by molar-refractivity contribution is 5.22. The zero-order valence-corrected chi connectivity index (χ0v) is 9.02. The molecule has 1 atom stereocenters. The fraction of sp³-hybridized carbons (Fsp3) is 0.545. The molecule has 2 rings (SSSR count). The number of morpholine rings is 1. The van der Waals surface area contributed by atoms with Gasteiger partial charge in [0.05, 0.1) is 18.8 Å². The summed E-state index contributed by atoms with van der Waals surface area (Å²) in [5.74, 6) is 0. The largest absolute Gasteiger partial charge is 0.378 e. The van der Waals surface area contributed by atoms with Crippen LogP contribution in [0, 0.1) is 0 Å². The van der Waals surface area contributed by atoms with Gasteiger partial charge in [0.15, 0.2) is 0 Å². The van der Waals surface area contributed by atoms with Crippen LogP contribution in [0.5, 0.6) is 0 Å². The van der Waals surface area contributed by atoms with Gasteiger partial charge < -0.3 is 10.5 Å². The Hall–Kier alpha value is -0.970. The summed E-state index contributed by atoms with van der Waals surface area (Å²) in [7, 11) is 2.09. The molecule has 0 bridgehead atoms. The molecule has 0 spiro atoms. The van der Waals surface area contributed by atoms with E-state index in [1.165, 1.54) is 0 Å². The molecule has 2 heterocycles. The third kappa shape index (κ3) is 1.76. The van der Waals surface area contributed by atoms with Gasteiger partial charge in [-0.3, -0.25) is 9.88 Å². The summed E-state index contributed by atoms with van der Waals surface area (Å²) in [4.78, 5) is 6.41.